The van der Waals surface area contributed by atoms with Gasteiger partial charge in [0.15, 0.2) is 12.2 Å². The zero-order valence-corrected chi connectivity index (χ0v) is 64.6. The van der Waals surface area contributed by atoms with Crippen LogP contribution in [0, 0.1) is 17.8 Å². The maximum Gasteiger partial charge on any atom is 0.472 e. The first kappa shape index (κ1) is 94.1. The smallest absolute Gasteiger partial charge is 0.462 e. The van der Waals surface area contributed by atoms with Gasteiger partial charge in [-0.2, -0.15) is 0 Å². The number of esters is 4. The first-order valence-electron chi connectivity index (χ1n) is 39.8. The second-order valence-electron chi connectivity index (χ2n) is 29.2. The molecule has 0 aliphatic rings. The molecule has 3 N–H and O–H groups in total. The number of aliphatic hydroxyl groups excluding tert-OH is 1. The normalized spacial score (nSPS) is 14.1. The van der Waals surface area contributed by atoms with E-state index in [1.807, 2.05) is 0 Å². The number of unbranched alkanes of at least 4 members (excludes halogenated alkanes) is 43. The summed E-state index contributed by atoms with van der Waals surface area (Å²) in [4.78, 5) is 72.7. The number of aliphatic hydroxyl groups is 1. The average molecular weight is 1410 g/mol. The van der Waals surface area contributed by atoms with Gasteiger partial charge in [-0.25, -0.2) is 9.13 Å². The van der Waals surface area contributed by atoms with Gasteiger partial charge in [-0.15, -0.1) is 0 Å². The van der Waals surface area contributed by atoms with E-state index in [4.69, 9.17) is 37.0 Å². The molecule has 0 fully saturated rings. The maximum atomic E-state index is 13.1. The monoisotopic (exact) mass is 1410 g/mol. The molecular formula is C77H150O17P2. The van der Waals surface area contributed by atoms with Crippen LogP contribution in [0.2, 0.25) is 0 Å². The molecule has 0 aliphatic carbocycles. The van der Waals surface area contributed by atoms with Crippen molar-refractivity contribution in [2.75, 3.05) is 39.6 Å². The van der Waals surface area contributed by atoms with Crippen molar-refractivity contribution in [3.05, 3.63) is 0 Å². The van der Waals surface area contributed by atoms with Crippen LogP contribution in [0.25, 0.3) is 0 Å². The summed E-state index contributed by atoms with van der Waals surface area (Å²) in [6.45, 7) is 11.9. The van der Waals surface area contributed by atoms with Crippen LogP contribution in [0.15, 0.2) is 0 Å². The molecule has 0 aromatic rings. The highest BCUT2D eigenvalue weighted by Crippen LogP contribution is 2.45. The number of hydrogen-bond donors (Lipinski definition) is 3. The molecule has 0 aromatic heterocycles. The van der Waals surface area contributed by atoms with Crippen LogP contribution in [0.4, 0.5) is 0 Å². The van der Waals surface area contributed by atoms with Gasteiger partial charge in [0, 0.05) is 25.7 Å². The van der Waals surface area contributed by atoms with Gasteiger partial charge in [-0.05, 0) is 43.4 Å². The van der Waals surface area contributed by atoms with E-state index >= 15 is 0 Å². The molecule has 19 heteroatoms. The number of ether oxygens (including phenoxy) is 4. The summed E-state index contributed by atoms with van der Waals surface area (Å²) in [6.07, 6.45) is 54.2. The molecule has 0 saturated carbocycles. The molecule has 0 bridgehead atoms. The number of hydrogen-bond acceptors (Lipinski definition) is 15. The van der Waals surface area contributed by atoms with E-state index in [-0.39, 0.29) is 25.7 Å². The summed E-state index contributed by atoms with van der Waals surface area (Å²) in [7, 11) is -9.91. The van der Waals surface area contributed by atoms with Gasteiger partial charge in [-0.1, -0.05) is 344 Å². The van der Waals surface area contributed by atoms with Gasteiger partial charge in [0.05, 0.1) is 26.4 Å². The molecule has 2 unspecified atom stereocenters. The van der Waals surface area contributed by atoms with Crippen molar-refractivity contribution in [1.29, 1.82) is 0 Å². The third-order valence-corrected chi connectivity index (χ3v) is 19.8. The Labute approximate surface area is 588 Å². The zero-order valence-electron chi connectivity index (χ0n) is 62.8. The highest BCUT2D eigenvalue weighted by atomic mass is 31.2. The van der Waals surface area contributed by atoms with Crippen molar-refractivity contribution in [3.8, 4) is 0 Å². The van der Waals surface area contributed by atoms with Crippen molar-refractivity contribution >= 4 is 39.5 Å². The molecule has 0 aliphatic heterocycles. The Hall–Kier alpha value is -1.94. The molecule has 0 rings (SSSR count). The highest BCUT2D eigenvalue weighted by molar-refractivity contribution is 7.47. The Morgan fingerprint density at radius 1 is 0.281 bits per heavy atom. The Bertz CT molecular complexity index is 1870. The van der Waals surface area contributed by atoms with Gasteiger partial charge in [0.2, 0.25) is 0 Å². The third-order valence-electron chi connectivity index (χ3n) is 17.9. The van der Waals surface area contributed by atoms with Crippen molar-refractivity contribution in [3.63, 3.8) is 0 Å². The lowest BCUT2D eigenvalue weighted by molar-refractivity contribution is -0.161. The summed E-state index contributed by atoms with van der Waals surface area (Å²) >= 11 is 0. The van der Waals surface area contributed by atoms with Gasteiger partial charge in [0.1, 0.15) is 19.3 Å². The van der Waals surface area contributed by atoms with Crippen LogP contribution in [-0.2, 0) is 65.4 Å². The van der Waals surface area contributed by atoms with E-state index in [1.54, 1.807) is 0 Å². The largest absolute Gasteiger partial charge is 0.472 e. The minimum Gasteiger partial charge on any atom is -0.462 e. The number of phosphoric ester groups is 2. The van der Waals surface area contributed by atoms with Gasteiger partial charge < -0.3 is 33.8 Å². The number of phosphoric acid groups is 2. The lowest BCUT2D eigenvalue weighted by Gasteiger charge is -2.21. The van der Waals surface area contributed by atoms with Crippen LogP contribution in [0.3, 0.4) is 0 Å². The standard InChI is InChI=1S/C77H150O17P2/c1-8-9-10-11-34-44-51-58-74(79)87-64-72(93-76(81)61-54-47-40-33-27-21-20-24-30-37-43-50-57-70(6)7)66-91-95(83,84)89-62-71(78)63-90-96(85,86)92-67-73(65-88-75(80)59-52-45-38-31-25-19-15-17-23-29-36-42-49-56-69(4)5)94-77(82)60-53-46-39-32-26-18-14-12-13-16-22-28-35-41-48-55-68(2)3/h68-73,78H,8-67H2,1-7H3,(H,83,84)(H,85,86)/t71-,72+,73+/m0/s1. The van der Waals surface area contributed by atoms with E-state index in [0.29, 0.717) is 25.7 Å². The zero-order chi connectivity index (χ0) is 70.9. The van der Waals surface area contributed by atoms with E-state index in [0.717, 1.165) is 120 Å². The first-order valence-corrected chi connectivity index (χ1v) is 42.8. The number of rotatable bonds is 75. The molecule has 96 heavy (non-hydrogen) atoms. The number of carbonyl (C=O) groups is 4. The summed E-state index contributed by atoms with van der Waals surface area (Å²) in [5.41, 5.74) is 0. The summed E-state index contributed by atoms with van der Waals surface area (Å²) in [5, 5.41) is 10.6. The maximum absolute atomic E-state index is 13.1. The van der Waals surface area contributed by atoms with Crippen LogP contribution < -0.4 is 0 Å². The average Bonchev–Trinajstić information content (AvgIpc) is 1.17. The SMILES string of the molecule is CCCCCCCCCC(=O)OC[C@H](COP(=O)(O)OC[C@H](O)COP(=O)(O)OC[C@@H](COC(=O)CCCCCCCCCCCCCCCC(C)C)OC(=O)CCCCCCCCCCCCCCCCCC(C)C)OC(=O)CCCCCCCCCCCCCCC(C)C. The molecule has 0 saturated heterocycles. The molecule has 0 amide bonds. The fourth-order valence-corrected chi connectivity index (χ4v) is 13.4. The summed E-state index contributed by atoms with van der Waals surface area (Å²) in [5.74, 6) is 0.251. The molecular weight excluding hydrogens is 1260 g/mol. The predicted octanol–water partition coefficient (Wildman–Crippen LogP) is 22.6. The predicted molar refractivity (Wildman–Crippen MR) is 391 cm³/mol. The second-order valence-corrected chi connectivity index (χ2v) is 32.1. The van der Waals surface area contributed by atoms with Gasteiger partial charge in [0.25, 0.3) is 0 Å². The molecule has 0 heterocycles. The Balaban J connectivity index is 5.20. The topological polar surface area (TPSA) is 237 Å². The minimum absolute atomic E-state index is 0.106. The van der Waals surface area contributed by atoms with Crippen LogP contribution in [0.5, 0.6) is 0 Å². The van der Waals surface area contributed by atoms with E-state index in [2.05, 4.69) is 48.5 Å². The molecule has 5 atom stereocenters. The van der Waals surface area contributed by atoms with Crippen LogP contribution in [-0.4, -0.2) is 96.7 Å². The van der Waals surface area contributed by atoms with Gasteiger partial charge in [-0.3, -0.25) is 37.3 Å². The van der Waals surface area contributed by atoms with Crippen molar-refractivity contribution in [2.45, 2.75) is 414 Å². The Kier molecular flexibility index (Phi) is 66.2. The lowest BCUT2D eigenvalue weighted by atomic mass is 10.0. The molecule has 0 spiro atoms. The van der Waals surface area contributed by atoms with Crippen molar-refractivity contribution in [1.82, 2.24) is 0 Å². The van der Waals surface area contributed by atoms with Crippen molar-refractivity contribution in [2.24, 2.45) is 17.8 Å². The van der Waals surface area contributed by atoms with E-state index in [1.165, 1.54) is 193 Å². The van der Waals surface area contributed by atoms with Crippen LogP contribution in [0.1, 0.15) is 395 Å². The fourth-order valence-electron chi connectivity index (χ4n) is 11.8. The molecule has 570 valence electrons. The Morgan fingerprint density at radius 3 is 0.708 bits per heavy atom. The highest BCUT2D eigenvalue weighted by Gasteiger charge is 2.30. The van der Waals surface area contributed by atoms with Crippen LogP contribution >= 0.6 is 15.6 Å². The fraction of sp³-hybridized carbons (Fsp3) is 0.948. The molecule has 0 radical (unpaired) electrons. The second kappa shape index (κ2) is 67.5. The number of carbonyl (C=O) groups excluding carboxylic acids is 4. The quantitative estimate of drug-likeness (QED) is 0.0222. The molecule has 0 aromatic carbocycles. The minimum atomic E-state index is -4.96. The Morgan fingerprint density at radius 2 is 0.479 bits per heavy atom. The lowest BCUT2D eigenvalue weighted by Crippen LogP contribution is -2.30. The van der Waals surface area contributed by atoms with Crippen molar-refractivity contribution < 1.29 is 80.2 Å². The van der Waals surface area contributed by atoms with E-state index in [9.17, 15) is 43.2 Å². The summed E-state index contributed by atoms with van der Waals surface area (Å²) in [6, 6.07) is 0. The van der Waals surface area contributed by atoms with E-state index < -0.39 is 97.5 Å². The summed E-state index contributed by atoms with van der Waals surface area (Å²) < 4.78 is 68.5. The first-order chi connectivity index (χ1) is 46.2. The third kappa shape index (κ3) is 70.5. The molecule has 17 nitrogen and oxygen atoms in total. The van der Waals surface area contributed by atoms with Gasteiger partial charge >= 0.3 is 39.5 Å².